The highest BCUT2D eigenvalue weighted by Gasteiger charge is 2.19. The molecule has 1 aromatic carbocycles. The summed E-state index contributed by atoms with van der Waals surface area (Å²) in [4.78, 5) is 0.776. The minimum absolute atomic E-state index is 0.559. The first-order valence-electron chi connectivity index (χ1n) is 5.30. The van der Waals surface area contributed by atoms with Gasteiger partial charge in [0.1, 0.15) is 11.9 Å². The number of benzene rings is 1. The average molecular weight is 303 g/mol. The highest BCUT2D eigenvalue weighted by atomic mass is 35.5. The van der Waals surface area contributed by atoms with Crippen molar-refractivity contribution in [2.45, 2.75) is 13.0 Å². The van der Waals surface area contributed by atoms with E-state index in [-0.39, 0.29) is 0 Å². The number of aryl methyl sites for hydroxylation is 1. The lowest BCUT2D eigenvalue weighted by atomic mass is 10.1. The van der Waals surface area contributed by atoms with E-state index in [1.807, 2.05) is 13.0 Å². The molecule has 1 unspecified atom stereocenters. The fourth-order valence-corrected chi connectivity index (χ4v) is 3.09. The monoisotopic (exact) mass is 302 g/mol. The van der Waals surface area contributed by atoms with Crippen molar-refractivity contribution in [3.8, 4) is 5.75 Å². The molecule has 0 spiro atoms. The predicted molar refractivity (Wildman–Crippen MR) is 76.1 cm³/mol. The Bertz CT molecular complexity index is 547. The molecular weight excluding hydrogens is 291 g/mol. The zero-order valence-corrected chi connectivity index (χ0v) is 12.2. The summed E-state index contributed by atoms with van der Waals surface area (Å²) in [5, 5.41) is 10.9. The van der Waals surface area contributed by atoms with E-state index in [9.17, 15) is 5.11 Å². The molecular formula is C13H12Cl2O2S. The van der Waals surface area contributed by atoms with E-state index in [0.29, 0.717) is 20.7 Å². The molecule has 0 radical (unpaired) electrons. The second-order valence-electron chi connectivity index (χ2n) is 3.89. The van der Waals surface area contributed by atoms with Crippen LogP contribution >= 0.6 is 34.5 Å². The molecule has 0 saturated carbocycles. The van der Waals surface area contributed by atoms with Crippen molar-refractivity contribution in [2.24, 2.45) is 0 Å². The van der Waals surface area contributed by atoms with Crippen LogP contribution in [0.4, 0.5) is 0 Å². The average Bonchev–Trinajstić information content (AvgIpc) is 2.68. The Morgan fingerprint density at radius 1 is 1.28 bits per heavy atom. The van der Waals surface area contributed by atoms with Crippen LogP contribution in [0.1, 0.15) is 22.1 Å². The van der Waals surface area contributed by atoms with Crippen LogP contribution in [0.15, 0.2) is 24.3 Å². The second kappa shape index (κ2) is 5.49. The van der Waals surface area contributed by atoms with Gasteiger partial charge < -0.3 is 9.84 Å². The molecule has 0 saturated heterocycles. The van der Waals surface area contributed by atoms with Gasteiger partial charge in [-0.25, -0.2) is 0 Å². The van der Waals surface area contributed by atoms with Gasteiger partial charge >= 0.3 is 0 Å². The summed E-state index contributed by atoms with van der Waals surface area (Å²) in [5.74, 6) is 0.606. The van der Waals surface area contributed by atoms with E-state index in [0.717, 1.165) is 10.4 Å². The number of hydrogen-bond acceptors (Lipinski definition) is 3. The van der Waals surface area contributed by atoms with Crippen LogP contribution in [0, 0.1) is 6.92 Å². The number of rotatable bonds is 3. The Balaban J connectivity index is 2.44. The van der Waals surface area contributed by atoms with E-state index in [2.05, 4.69) is 0 Å². The van der Waals surface area contributed by atoms with Gasteiger partial charge in [0, 0.05) is 15.5 Å². The molecule has 2 nitrogen and oxygen atoms in total. The zero-order valence-electron chi connectivity index (χ0n) is 9.91. The van der Waals surface area contributed by atoms with Gasteiger partial charge in [-0.2, -0.15) is 0 Å². The Morgan fingerprint density at radius 3 is 2.56 bits per heavy atom. The number of hydrogen-bond donors (Lipinski definition) is 1. The minimum atomic E-state index is -0.783. The molecule has 0 bridgehead atoms. The Hall–Kier alpha value is -0.740. The van der Waals surface area contributed by atoms with Crippen molar-refractivity contribution in [1.29, 1.82) is 0 Å². The van der Waals surface area contributed by atoms with Crippen LogP contribution in [-0.2, 0) is 0 Å². The van der Waals surface area contributed by atoms with Gasteiger partial charge in [0.25, 0.3) is 0 Å². The third-order valence-electron chi connectivity index (χ3n) is 2.63. The van der Waals surface area contributed by atoms with Gasteiger partial charge in [0.05, 0.1) is 11.4 Å². The molecule has 0 aliphatic carbocycles. The second-order valence-corrected chi connectivity index (χ2v) is 6.02. The highest BCUT2D eigenvalue weighted by molar-refractivity contribution is 7.16. The maximum Gasteiger partial charge on any atom is 0.125 e. The zero-order chi connectivity index (χ0) is 13.3. The quantitative estimate of drug-likeness (QED) is 0.907. The van der Waals surface area contributed by atoms with Crippen molar-refractivity contribution in [3.63, 3.8) is 0 Å². The molecule has 5 heteroatoms. The van der Waals surface area contributed by atoms with Crippen molar-refractivity contribution in [2.75, 3.05) is 7.11 Å². The van der Waals surface area contributed by atoms with Crippen molar-refractivity contribution < 1.29 is 9.84 Å². The van der Waals surface area contributed by atoms with Crippen LogP contribution in [0.25, 0.3) is 0 Å². The highest BCUT2D eigenvalue weighted by Crippen LogP contribution is 2.37. The van der Waals surface area contributed by atoms with Crippen LogP contribution in [-0.4, -0.2) is 12.2 Å². The van der Waals surface area contributed by atoms with Gasteiger partial charge in [-0.15, -0.1) is 11.3 Å². The third-order valence-corrected chi connectivity index (χ3v) is 4.47. The standard InChI is InChI=1S/C13H12Cl2O2S/c1-7-5-11(18-13(7)15)12(16)9-6-8(14)3-4-10(9)17-2/h3-6,12,16H,1-2H3. The lowest BCUT2D eigenvalue weighted by Gasteiger charge is -2.13. The van der Waals surface area contributed by atoms with E-state index < -0.39 is 6.10 Å². The number of halogens is 2. The lowest BCUT2D eigenvalue weighted by molar-refractivity contribution is 0.218. The van der Waals surface area contributed by atoms with Crippen molar-refractivity contribution in [1.82, 2.24) is 0 Å². The van der Waals surface area contributed by atoms with E-state index in [1.54, 1.807) is 25.3 Å². The molecule has 2 rings (SSSR count). The molecule has 0 fully saturated rings. The fraction of sp³-hybridized carbons (Fsp3) is 0.231. The van der Waals surface area contributed by atoms with Gasteiger partial charge in [0.2, 0.25) is 0 Å². The predicted octanol–water partition coefficient (Wildman–Crippen LogP) is 4.45. The van der Waals surface area contributed by atoms with Gasteiger partial charge in [-0.3, -0.25) is 0 Å². The molecule has 1 heterocycles. The largest absolute Gasteiger partial charge is 0.496 e. The van der Waals surface area contributed by atoms with E-state index >= 15 is 0 Å². The minimum Gasteiger partial charge on any atom is -0.496 e. The molecule has 2 aromatic rings. The number of aliphatic hydroxyl groups is 1. The fourth-order valence-electron chi connectivity index (χ4n) is 1.69. The lowest BCUT2D eigenvalue weighted by Crippen LogP contribution is -2.00. The van der Waals surface area contributed by atoms with Crippen LogP contribution in [0.5, 0.6) is 5.75 Å². The summed E-state index contributed by atoms with van der Waals surface area (Å²) in [5.41, 5.74) is 1.60. The molecule has 0 aliphatic rings. The molecule has 1 atom stereocenters. The van der Waals surface area contributed by atoms with Crippen molar-refractivity contribution >= 4 is 34.5 Å². The maximum absolute atomic E-state index is 10.4. The van der Waals surface area contributed by atoms with Gasteiger partial charge in [-0.05, 0) is 36.8 Å². The van der Waals surface area contributed by atoms with Crippen molar-refractivity contribution in [3.05, 3.63) is 49.6 Å². The smallest absolute Gasteiger partial charge is 0.125 e. The number of methoxy groups -OCH3 is 1. The molecule has 0 amide bonds. The molecule has 18 heavy (non-hydrogen) atoms. The molecule has 1 N–H and O–H groups in total. The van der Waals surface area contributed by atoms with E-state index in [1.165, 1.54) is 11.3 Å². The first-order chi connectivity index (χ1) is 8.52. The normalized spacial score (nSPS) is 12.5. The van der Waals surface area contributed by atoms with Crippen LogP contribution < -0.4 is 4.74 Å². The summed E-state index contributed by atoms with van der Waals surface area (Å²) in [7, 11) is 1.56. The number of aliphatic hydroxyl groups excluding tert-OH is 1. The number of thiophene rings is 1. The molecule has 0 aliphatic heterocycles. The Labute approximate surface area is 120 Å². The van der Waals surface area contributed by atoms with E-state index in [4.69, 9.17) is 27.9 Å². The van der Waals surface area contributed by atoms with Crippen LogP contribution in [0.2, 0.25) is 9.36 Å². The SMILES string of the molecule is COc1ccc(Cl)cc1C(O)c1cc(C)c(Cl)s1. The summed E-state index contributed by atoms with van der Waals surface area (Å²) >= 11 is 13.3. The third kappa shape index (κ3) is 2.64. The first kappa shape index (κ1) is 13.7. The van der Waals surface area contributed by atoms with Gasteiger partial charge in [-0.1, -0.05) is 23.2 Å². The summed E-state index contributed by atoms with van der Waals surface area (Å²) in [6.45, 7) is 1.91. The topological polar surface area (TPSA) is 29.5 Å². The summed E-state index contributed by atoms with van der Waals surface area (Å²) in [6, 6.07) is 7.04. The Kier molecular flexibility index (Phi) is 4.17. The molecule has 96 valence electrons. The maximum atomic E-state index is 10.4. The molecule has 1 aromatic heterocycles. The number of ether oxygens (including phenoxy) is 1. The first-order valence-corrected chi connectivity index (χ1v) is 6.87. The Morgan fingerprint density at radius 2 is 2.00 bits per heavy atom. The van der Waals surface area contributed by atoms with Gasteiger partial charge in [0.15, 0.2) is 0 Å². The summed E-state index contributed by atoms with van der Waals surface area (Å²) in [6.07, 6.45) is -0.783. The van der Waals surface area contributed by atoms with Crippen LogP contribution in [0.3, 0.4) is 0 Å². The summed E-state index contributed by atoms with van der Waals surface area (Å²) < 4.78 is 5.92.